The van der Waals surface area contributed by atoms with Gasteiger partial charge < -0.3 is 5.73 Å². The van der Waals surface area contributed by atoms with Crippen molar-refractivity contribution in [1.29, 1.82) is 0 Å². The molecule has 0 fully saturated rings. The lowest BCUT2D eigenvalue weighted by molar-refractivity contribution is 0.206. The molecule has 0 saturated carbocycles. The maximum absolute atomic E-state index is 5.39. The Morgan fingerprint density at radius 2 is 2.11 bits per heavy atom. The maximum atomic E-state index is 5.39. The van der Waals surface area contributed by atoms with Crippen LogP contribution in [-0.2, 0) is 6.54 Å². The number of nitrogens with zero attached hydrogens (tertiary/aromatic N) is 1. The fourth-order valence-electron chi connectivity index (χ4n) is 1.97. The zero-order chi connectivity index (χ0) is 13.4. The van der Waals surface area contributed by atoms with Gasteiger partial charge in [0.25, 0.3) is 0 Å². The topological polar surface area (TPSA) is 29.3 Å². The predicted octanol–water partition coefficient (Wildman–Crippen LogP) is 2.62. The third-order valence-electron chi connectivity index (χ3n) is 3.27. The first-order chi connectivity index (χ1) is 8.71. The molecule has 0 aliphatic carbocycles. The number of rotatable bonds is 5. The molecule has 0 aliphatic rings. The summed E-state index contributed by atoms with van der Waals surface area (Å²) in [5.74, 6) is 5.98. The molecule has 1 unspecified atom stereocenters. The van der Waals surface area contributed by atoms with Crippen molar-refractivity contribution in [2.24, 2.45) is 5.73 Å². The molecule has 0 aliphatic heterocycles. The van der Waals surface area contributed by atoms with Crippen molar-refractivity contribution < 1.29 is 0 Å². The van der Waals surface area contributed by atoms with Crippen LogP contribution in [0.15, 0.2) is 24.3 Å². The van der Waals surface area contributed by atoms with Gasteiger partial charge in [0.05, 0.1) is 6.54 Å². The van der Waals surface area contributed by atoms with Crippen LogP contribution in [0.3, 0.4) is 0 Å². The molecule has 1 rings (SSSR count). The van der Waals surface area contributed by atoms with Gasteiger partial charge in [-0.3, -0.25) is 4.90 Å². The van der Waals surface area contributed by atoms with E-state index in [2.05, 4.69) is 55.7 Å². The van der Waals surface area contributed by atoms with Crippen LogP contribution in [0, 0.1) is 11.8 Å². The van der Waals surface area contributed by atoms with Gasteiger partial charge in [-0.1, -0.05) is 37.8 Å². The minimum Gasteiger partial charge on any atom is -0.320 e. The minimum absolute atomic E-state index is 0.415. The Hall–Kier alpha value is -1.30. The molecular formula is C16H24N2. The van der Waals surface area contributed by atoms with Crippen molar-refractivity contribution in [2.45, 2.75) is 39.8 Å². The lowest BCUT2D eigenvalue weighted by atomic mass is 10.1. The Morgan fingerprint density at radius 3 is 2.72 bits per heavy atom. The van der Waals surface area contributed by atoms with Gasteiger partial charge in [0.1, 0.15) is 0 Å². The van der Waals surface area contributed by atoms with Crippen LogP contribution in [0.2, 0.25) is 0 Å². The Balaban J connectivity index is 2.77. The van der Waals surface area contributed by atoms with E-state index in [1.165, 1.54) is 12.0 Å². The third kappa shape index (κ3) is 4.52. The summed E-state index contributed by atoms with van der Waals surface area (Å²) < 4.78 is 0. The monoisotopic (exact) mass is 244 g/mol. The van der Waals surface area contributed by atoms with Gasteiger partial charge in [0, 0.05) is 18.2 Å². The molecule has 0 radical (unpaired) electrons. The second-order valence-electron chi connectivity index (χ2n) is 4.53. The number of hydrogen-bond acceptors (Lipinski definition) is 2. The molecule has 0 aromatic heterocycles. The van der Waals surface area contributed by atoms with Crippen LogP contribution in [0.4, 0.5) is 0 Å². The smallest absolute Gasteiger partial charge is 0.0555 e. The molecule has 0 bridgehead atoms. The van der Waals surface area contributed by atoms with Crippen LogP contribution in [0.5, 0.6) is 0 Å². The lowest BCUT2D eigenvalue weighted by Crippen LogP contribution is -2.31. The van der Waals surface area contributed by atoms with Crippen molar-refractivity contribution in [3.05, 3.63) is 35.4 Å². The highest BCUT2D eigenvalue weighted by Crippen LogP contribution is 2.11. The molecule has 0 amide bonds. The first kappa shape index (κ1) is 14.8. The van der Waals surface area contributed by atoms with E-state index in [9.17, 15) is 0 Å². The molecule has 2 N–H and O–H groups in total. The summed E-state index contributed by atoms with van der Waals surface area (Å²) in [4.78, 5) is 2.48. The zero-order valence-electron chi connectivity index (χ0n) is 11.7. The highest BCUT2D eigenvalue weighted by molar-refractivity contribution is 5.37. The Labute approximate surface area is 111 Å². The molecule has 2 heteroatoms. The summed E-state index contributed by atoms with van der Waals surface area (Å²) in [6.45, 7) is 9.21. The largest absolute Gasteiger partial charge is 0.320 e. The number of nitrogens with two attached hydrogens (primary N) is 1. The molecule has 0 spiro atoms. The summed E-state index contributed by atoms with van der Waals surface area (Å²) in [5.41, 5.74) is 7.77. The van der Waals surface area contributed by atoms with Gasteiger partial charge in [-0.05, 0) is 37.6 Å². The molecule has 0 saturated heterocycles. The molecule has 1 aromatic rings. The molecule has 1 atom stereocenters. The van der Waals surface area contributed by atoms with E-state index in [0.717, 1.165) is 18.7 Å². The minimum atomic E-state index is 0.415. The van der Waals surface area contributed by atoms with Crippen molar-refractivity contribution >= 4 is 0 Å². The van der Waals surface area contributed by atoms with E-state index in [0.29, 0.717) is 12.6 Å². The lowest BCUT2D eigenvalue weighted by Gasteiger charge is -2.27. The van der Waals surface area contributed by atoms with Gasteiger partial charge in [-0.15, -0.1) is 0 Å². The average molecular weight is 244 g/mol. The van der Waals surface area contributed by atoms with E-state index >= 15 is 0 Å². The van der Waals surface area contributed by atoms with E-state index in [-0.39, 0.29) is 0 Å². The van der Waals surface area contributed by atoms with Crippen LogP contribution in [0.1, 0.15) is 38.3 Å². The van der Waals surface area contributed by atoms with Crippen molar-refractivity contribution in [3.8, 4) is 11.8 Å². The van der Waals surface area contributed by atoms with Gasteiger partial charge >= 0.3 is 0 Å². The molecular weight excluding hydrogens is 220 g/mol. The van der Waals surface area contributed by atoms with Crippen molar-refractivity contribution in [2.75, 3.05) is 13.1 Å². The van der Waals surface area contributed by atoms with E-state index in [1.54, 1.807) is 0 Å². The maximum Gasteiger partial charge on any atom is 0.0555 e. The van der Waals surface area contributed by atoms with Crippen LogP contribution >= 0.6 is 0 Å². The number of benzene rings is 1. The van der Waals surface area contributed by atoms with Crippen LogP contribution < -0.4 is 5.73 Å². The summed E-state index contributed by atoms with van der Waals surface area (Å²) in [7, 11) is 0. The predicted molar refractivity (Wildman–Crippen MR) is 78.2 cm³/mol. The normalized spacial score (nSPS) is 12.1. The van der Waals surface area contributed by atoms with Gasteiger partial charge in [0.15, 0.2) is 0 Å². The second kappa shape index (κ2) is 7.92. The van der Waals surface area contributed by atoms with Crippen LogP contribution in [0.25, 0.3) is 0 Å². The van der Waals surface area contributed by atoms with Gasteiger partial charge in [-0.25, -0.2) is 0 Å². The fourth-order valence-corrected chi connectivity index (χ4v) is 1.97. The molecule has 98 valence electrons. The molecule has 1 aromatic carbocycles. The van der Waals surface area contributed by atoms with Gasteiger partial charge in [-0.2, -0.15) is 0 Å². The van der Waals surface area contributed by atoms with Crippen LogP contribution in [-0.4, -0.2) is 24.0 Å². The Bertz CT molecular complexity index is 415. The average Bonchev–Trinajstić information content (AvgIpc) is 2.42. The number of hydrogen-bond donors (Lipinski definition) is 1. The fraction of sp³-hybridized carbons (Fsp3) is 0.500. The highest BCUT2D eigenvalue weighted by atomic mass is 15.1. The SMILES string of the molecule is CCC(C)N(CC)Cc1cccc(C#CCN)c1. The summed E-state index contributed by atoms with van der Waals surface area (Å²) in [5, 5.41) is 0. The first-order valence-electron chi connectivity index (χ1n) is 6.73. The Kier molecular flexibility index (Phi) is 6.49. The van der Waals surface area contributed by atoms with E-state index < -0.39 is 0 Å². The zero-order valence-corrected chi connectivity index (χ0v) is 11.7. The molecule has 2 nitrogen and oxygen atoms in total. The van der Waals surface area contributed by atoms with Crippen molar-refractivity contribution in [1.82, 2.24) is 4.90 Å². The summed E-state index contributed by atoms with van der Waals surface area (Å²) >= 11 is 0. The van der Waals surface area contributed by atoms with E-state index in [4.69, 9.17) is 5.73 Å². The van der Waals surface area contributed by atoms with Gasteiger partial charge in [0.2, 0.25) is 0 Å². The molecule has 18 heavy (non-hydrogen) atoms. The Morgan fingerprint density at radius 1 is 1.33 bits per heavy atom. The quantitative estimate of drug-likeness (QED) is 0.807. The summed E-state index contributed by atoms with van der Waals surface area (Å²) in [6, 6.07) is 9.05. The van der Waals surface area contributed by atoms with E-state index in [1.807, 2.05) is 6.07 Å². The summed E-state index contributed by atoms with van der Waals surface area (Å²) in [6.07, 6.45) is 1.18. The first-order valence-corrected chi connectivity index (χ1v) is 6.73. The second-order valence-corrected chi connectivity index (χ2v) is 4.53. The molecule has 0 heterocycles. The highest BCUT2D eigenvalue weighted by Gasteiger charge is 2.10. The standard InChI is InChI=1S/C16H24N2/c1-4-14(3)18(5-2)13-16-9-6-8-15(12-16)10-7-11-17/h6,8-9,12,14H,4-5,11,13,17H2,1-3H3. The van der Waals surface area contributed by atoms with Crippen molar-refractivity contribution in [3.63, 3.8) is 0 Å². The third-order valence-corrected chi connectivity index (χ3v) is 3.27.